The summed E-state index contributed by atoms with van der Waals surface area (Å²) in [6.07, 6.45) is 3.04. The fourth-order valence-corrected chi connectivity index (χ4v) is 2.03. The quantitative estimate of drug-likeness (QED) is 0.569. The van der Waals surface area contributed by atoms with Crippen LogP contribution in [0, 0.1) is 0 Å². The van der Waals surface area contributed by atoms with Gasteiger partial charge in [-0.2, -0.15) is 0 Å². The zero-order valence-corrected chi connectivity index (χ0v) is 9.00. The van der Waals surface area contributed by atoms with Crippen molar-refractivity contribution in [2.45, 2.75) is 0 Å². The number of carbonyl (C=O) groups excluding carboxylic acids is 1. The summed E-state index contributed by atoms with van der Waals surface area (Å²) >= 11 is 1.47. The van der Waals surface area contributed by atoms with Gasteiger partial charge in [0.05, 0.1) is 12.0 Å². The van der Waals surface area contributed by atoms with E-state index in [9.17, 15) is 4.79 Å². The molecule has 15 heavy (non-hydrogen) atoms. The summed E-state index contributed by atoms with van der Waals surface area (Å²) in [4.78, 5) is 11.8. The van der Waals surface area contributed by atoms with Crippen LogP contribution in [0.25, 0.3) is 6.08 Å². The van der Waals surface area contributed by atoms with Crippen molar-refractivity contribution in [1.29, 1.82) is 0 Å². The van der Waals surface area contributed by atoms with Crippen LogP contribution >= 0.6 is 11.3 Å². The van der Waals surface area contributed by atoms with Gasteiger partial charge in [0.1, 0.15) is 13.2 Å². The molecule has 4 nitrogen and oxygen atoms in total. The number of thiophene rings is 1. The predicted molar refractivity (Wildman–Crippen MR) is 56.4 cm³/mol. The van der Waals surface area contributed by atoms with E-state index >= 15 is 0 Å². The molecular formula is C10H10O4S. The molecule has 2 rings (SSSR count). The van der Waals surface area contributed by atoms with Gasteiger partial charge < -0.3 is 14.2 Å². The van der Waals surface area contributed by atoms with Gasteiger partial charge in [-0.15, -0.1) is 11.3 Å². The molecule has 0 fully saturated rings. The second-order valence-corrected chi connectivity index (χ2v) is 3.76. The van der Waals surface area contributed by atoms with Crippen LogP contribution < -0.4 is 9.47 Å². The van der Waals surface area contributed by atoms with Crippen LogP contribution in [0.4, 0.5) is 0 Å². The Labute approximate surface area is 91.1 Å². The Balaban J connectivity index is 2.18. The highest BCUT2D eigenvalue weighted by Gasteiger charge is 2.16. The van der Waals surface area contributed by atoms with E-state index in [1.165, 1.54) is 24.5 Å². The van der Waals surface area contributed by atoms with E-state index in [4.69, 9.17) is 9.47 Å². The van der Waals surface area contributed by atoms with Gasteiger partial charge in [0.25, 0.3) is 0 Å². The fourth-order valence-electron chi connectivity index (χ4n) is 1.21. The van der Waals surface area contributed by atoms with Gasteiger partial charge in [0.2, 0.25) is 0 Å². The summed E-state index contributed by atoms with van der Waals surface area (Å²) in [6.45, 7) is 1.12. The standard InChI is InChI=1S/C10H10O4S/c1-12-9(11)3-2-8-10-7(6-15-8)13-4-5-14-10/h2-3,6H,4-5H2,1H3. The number of carbonyl (C=O) groups is 1. The average molecular weight is 226 g/mol. The van der Waals surface area contributed by atoms with Crippen molar-refractivity contribution in [1.82, 2.24) is 0 Å². The predicted octanol–water partition coefficient (Wildman–Crippen LogP) is 1.71. The number of methoxy groups -OCH3 is 1. The van der Waals surface area contributed by atoms with E-state index in [-0.39, 0.29) is 5.97 Å². The molecule has 0 atom stereocenters. The minimum absolute atomic E-state index is 0.381. The van der Waals surface area contributed by atoms with Crippen molar-refractivity contribution in [2.24, 2.45) is 0 Å². The second kappa shape index (κ2) is 4.35. The van der Waals surface area contributed by atoms with E-state index in [1.807, 2.05) is 5.38 Å². The highest BCUT2D eigenvalue weighted by atomic mass is 32.1. The van der Waals surface area contributed by atoms with Crippen LogP contribution in [0.2, 0.25) is 0 Å². The molecule has 2 heterocycles. The molecular weight excluding hydrogens is 216 g/mol. The molecule has 0 spiro atoms. The number of ether oxygens (including phenoxy) is 3. The number of esters is 1. The molecule has 0 aliphatic carbocycles. The average Bonchev–Trinajstić information content (AvgIpc) is 2.69. The van der Waals surface area contributed by atoms with Crippen LogP contribution in [0.1, 0.15) is 4.88 Å². The molecule has 0 aromatic carbocycles. The van der Waals surface area contributed by atoms with Crippen LogP contribution in [-0.4, -0.2) is 26.3 Å². The first-order valence-corrected chi connectivity index (χ1v) is 5.32. The van der Waals surface area contributed by atoms with Gasteiger partial charge in [0.15, 0.2) is 11.5 Å². The van der Waals surface area contributed by atoms with E-state index in [0.717, 1.165) is 10.6 Å². The maximum atomic E-state index is 10.9. The number of hydrogen-bond acceptors (Lipinski definition) is 5. The summed E-state index contributed by atoms with van der Waals surface area (Å²) in [5.41, 5.74) is 0. The van der Waals surface area contributed by atoms with Crippen LogP contribution in [0.3, 0.4) is 0 Å². The Bertz CT molecular complexity index is 394. The van der Waals surface area contributed by atoms with E-state index in [0.29, 0.717) is 19.0 Å². The van der Waals surface area contributed by atoms with Gasteiger partial charge >= 0.3 is 5.97 Å². The van der Waals surface area contributed by atoms with Crippen LogP contribution in [-0.2, 0) is 9.53 Å². The lowest BCUT2D eigenvalue weighted by atomic mass is 10.3. The van der Waals surface area contributed by atoms with Crippen molar-refractivity contribution in [3.05, 3.63) is 16.3 Å². The molecule has 80 valence electrons. The Morgan fingerprint density at radius 3 is 3.13 bits per heavy atom. The minimum atomic E-state index is -0.381. The van der Waals surface area contributed by atoms with Crippen LogP contribution in [0.15, 0.2) is 11.5 Å². The van der Waals surface area contributed by atoms with E-state index in [2.05, 4.69) is 4.74 Å². The molecule has 1 aliphatic rings. The molecule has 1 aliphatic heterocycles. The number of fused-ring (bicyclic) bond motifs is 1. The SMILES string of the molecule is COC(=O)C=Cc1scc2c1OCCO2. The summed E-state index contributed by atoms with van der Waals surface area (Å²) in [5, 5.41) is 1.87. The maximum absolute atomic E-state index is 10.9. The lowest BCUT2D eigenvalue weighted by Crippen LogP contribution is -2.14. The van der Waals surface area contributed by atoms with Crippen molar-refractivity contribution in [3.8, 4) is 11.5 Å². The molecule has 0 saturated heterocycles. The smallest absolute Gasteiger partial charge is 0.330 e. The normalized spacial score (nSPS) is 14.2. The summed E-state index contributed by atoms with van der Waals surface area (Å²) < 4.78 is 15.3. The molecule has 0 N–H and O–H groups in total. The van der Waals surface area contributed by atoms with Crippen LogP contribution in [0.5, 0.6) is 11.5 Å². The third kappa shape index (κ3) is 2.12. The maximum Gasteiger partial charge on any atom is 0.330 e. The third-order valence-electron chi connectivity index (χ3n) is 1.90. The molecule has 1 aromatic rings. The number of hydrogen-bond donors (Lipinski definition) is 0. The molecule has 0 radical (unpaired) electrons. The second-order valence-electron chi connectivity index (χ2n) is 2.85. The lowest BCUT2D eigenvalue weighted by molar-refractivity contribution is -0.134. The zero-order valence-electron chi connectivity index (χ0n) is 8.19. The van der Waals surface area contributed by atoms with Crippen molar-refractivity contribution in [3.63, 3.8) is 0 Å². The molecule has 0 unspecified atom stereocenters. The Hall–Kier alpha value is -1.49. The molecule has 0 saturated carbocycles. The first-order chi connectivity index (χ1) is 7.31. The van der Waals surface area contributed by atoms with Crippen molar-refractivity contribution >= 4 is 23.4 Å². The Morgan fingerprint density at radius 1 is 1.53 bits per heavy atom. The lowest BCUT2D eigenvalue weighted by Gasteiger charge is -2.15. The highest BCUT2D eigenvalue weighted by molar-refractivity contribution is 7.11. The van der Waals surface area contributed by atoms with Gasteiger partial charge in [-0.25, -0.2) is 4.79 Å². The molecule has 0 bridgehead atoms. The van der Waals surface area contributed by atoms with Gasteiger partial charge in [0, 0.05) is 11.5 Å². The summed E-state index contributed by atoms with van der Waals surface area (Å²) in [5.74, 6) is 1.08. The molecule has 1 aromatic heterocycles. The highest BCUT2D eigenvalue weighted by Crippen LogP contribution is 2.39. The Kier molecular flexibility index (Phi) is 2.91. The van der Waals surface area contributed by atoms with Gasteiger partial charge in [-0.3, -0.25) is 0 Å². The topological polar surface area (TPSA) is 44.8 Å². The molecule has 0 amide bonds. The monoisotopic (exact) mass is 226 g/mol. The third-order valence-corrected chi connectivity index (χ3v) is 2.81. The number of rotatable bonds is 2. The minimum Gasteiger partial charge on any atom is -0.485 e. The summed E-state index contributed by atoms with van der Waals surface area (Å²) in [6, 6.07) is 0. The van der Waals surface area contributed by atoms with E-state index < -0.39 is 0 Å². The van der Waals surface area contributed by atoms with Crippen molar-refractivity contribution < 1.29 is 19.0 Å². The van der Waals surface area contributed by atoms with Crippen molar-refractivity contribution in [2.75, 3.05) is 20.3 Å². The summed E-state index contributed by atoms with van der Waals surface area (Å²) in [7, 11) is 1.34. The first kappa shape index (κ1) is 10.0. The largest absolute Gasteiger partial charge is 0.485 e. The van der Waals surface area contributed by atoms with Gasteiger partial charge in [-0.1, -0.05) is 0 Å². The van der Waals surface area contributed by atoms with E-state index in [1.54, 1.807) is 6.08 Å². The molecule has 5 heteroatoms. The Morgan fingerprint density at radius 2 is 2.33 bits per heavy atom. The first-order valence-electron chi connectivity index (χ1n) is 4.44. The zero-order chi connectivity index (χ0) is 10.7. The fraction of sp³-hybridized carbons (Fsp3) is 0.300. The van der Waals surface area contributed by atoms with Gasteiger partial charge in [-0.05, 0) is 6.08 Å².